The van der Waals surface area contributed by atoms with Gasteiger partial charge in [-0.15, -0.1) is 0 Å². The number of amides is 2. The van der Waals surface area contributed by atoms with Gasteiger partial charge in [-0.2, -0.15) is 0 Å². The molecule has 0 aromatic heterocycles. The van der Waals surface area contributed by atoms with Crippen molar-refractivity contribution in [2.45, 2.75) is 25.6 Å². The molecule has 114 valence electrons. The summed E-state index contributed by atoms with van der Waals surface area (Å²) in [6, 6.07) is 9.86. The number of nitrogens with zero attached hydrogens (tertiary/aromatic N) is 2. The van der Waals surface area contributed by atoms with Crippen molar-refractivity contribution in [2.24, 2.45) is 0 Å². The van der Waals surface area contributed by atoms with Crippen molar-refractivity contribution in [2.75, 3.05) is 37.7 Å². The maximum absolute atomic E-state index is 12.4. The summed E-state index contributed by atoms with van der Waals surface area (Å²) in [5, 5.41) is 0. The van der Waals surface area contributed by atoms with E-state index in [1.165, 1.54) is 0 Å². The van der Waals surface area contributed by atoms with Gasteiger partial charge in [0, 0.05) is 31.9 Å². The fraction of sp³-hybridized carbons (Fsp3) is 0.562. The molecule has 5 heteroatoms. The van der Waals surface area contributed by atoms with E-state index in [-0.39, 0.29) is 12.3 Å². The van der Waals surface area contributed by atoms with Crippen LogP contribution in [0.5, 0.6) is 0 Å². The van der Waals surface area contributed by atoms with Crippen LogP contribution in [0.15, 0.2) is 30.3 Å². The van der Waals surface area contributed by atoms with Crippen LogP contribution in [0.2, 0.25) is 0 Å². The third-order valence-corrected chi connectivity index (χ3v) is 3.97. The number of benzene rings is 1. The van der Waals surface area contributed by atoms with Gasteiger partial charge < -0.3 is 14.4 Å². The minimum Gasteiger partial charge on any atom is -0.353 e. The Hall–Kier alpha value is -1.59. The average molecular weight is 290 g/mol. The van der Waals surface area contributed by atoms with Crippen molar-refractivity contribution < 1.29 is 14.3 Å². The molecule has 0 N–H and O–H groups in total. The molecule has 0 saturated carbocycles. The standard InChI is InChI=1S/C16H22N2O3/c19-16-17(11-13-21-15-8-4-5-12-20-15)9-10-18(16)14-6-2-1-3-7-14/h1-3,6-7,15H,4-5,8-13H2. The number of urea groups is 1. The van der Waals surface area contributed by atoms with Gasteiger partial charge in [0.05, 0.1) is 6.61 Å². The molecule has 2 heterocycles. The van der Waals surface area contributed by atoms with E-state index in [0.717, 1.165) is 44.6 Å². The van der Waals surface area contributed by atoms with Crippen molar-refractivity contribution in [3.8, 4) is 0 Å². The van der Waals surface area contributed by atoms with Gasteiger partial charge in [0.15, 0.2) is 6.29 Å². The molecule has 3 rings (SSSR count). The van der Waals surface area contributed by atoms with Crippen molar-refractivity contribution in [3.05, 3.63) is 30.3 Å². The molecular formula is C16H22N2O3. The molecule has 1 atom stereocenters. The van der Waals surface area contributed by atoms with Crippen LogP contribution in [0.1, 0.15) is 19.3 Å². The van der Waals surface area contributed by atoms with Crippen LogP contribution in [-0.2, 0) is 9.47 Å². The quantitative estimate of drug-likeness (QED) is 0.836. The van der Waals surface area contributed by atoms with Gasteiger partial charge in [0.2, 0.25) is 0 Å². The van der Waals surface area contributed by atoms with Crippen LogP contribution in [0.25, 0.3) is 0 Å². The van der Waals surface area contributed by atoms with Gasteiger partial charge in [-0.1, -0.05) is 18.2 Å². The van der Waals surface area contributed by atoms with Crippen LogP contribution >= 0.6 is 0 Å². The van der Waals surface area contributed by atoms with Gasteiger partial charge in [-0.3, -0.25) is 4.90 Å². The predicted molar refractivity (Wildman–Crippen MR) is 80.3 cm³/mol. The highest BCUT2D eigenvalue weighted by Gasteiger charge is 2.29. The molecular weight excluding hydrogens is 268 g/mol. The van der Waals surface area contributed by atoms with Crippen LogP contribution in [0.3, 0.4) is 0 Å². The Labute approximate surface area is 125 Å². The first-order chi connectivity index (χ1) is 10.3. The smallest absolute Gasteiger partial charge is 0.324 e. The molecule has 5 nitrogen and oxygen atoms in total. The Morgan fingerprint density at radius 1 is 1.19 bits per heavy atom. The van der Waals surface area contributed by atoms with Crippen molar-refractivity contribution >= 4 is 11.7 Å². The zero-order valence-electron chi connectivity index (χ0n) is 12.2. The van der Waals surface area contributed by atoms with Crippen LogP contribution in [0.4, 0.5) is 10.5 Å². The Morgan fingerprint density at radius 3 is 2.81 bits per heavy atom. The first-order valence-corrected chi connectivity index (χ1v) is 7.69. The number of carbonyl (C=O) groups excluding carboxylic acids is 1. The number of carbonyl (C=O) groups is 1. The van der Waals surface area contributed by atoms with Gasteiger partial charge in [0.25, 0.3) is 0 Å². The molecule has 2 aliphatic heterocycles. The molecule has 0 spiro atoms. The summed E-state index contributed by atoms with van der Waals surface area (Å²) >= 11 is 0. The fourth-order valence-electron chi connectivity index (χ4n) is 2.77. The number of hydrogen-bond acceptors (Lipinski definition) is 3. The number of anilines is 1. The Morgan fingerprint density at radius 2 is 2.05 bits per heavy atom. The lowest BCUT2D eigenvalue weighted by Gasteiger charge is -2.24. The van der Waals surface area contributed by atoms with E-state index in [0.29, 0.717) is 13.2 Å². The molecule has 21 heavy (non-hydrogen) atoms. The average Bonchev–Trinajstić information content (AvgIpc) is 2.90. The summed E-state index contributed by atoms with van der Waals surface area (Å²) in [6.07, 6.45) is 3.16. The number of para-hydroxylation sites is 1. The maximum Gasteiger partial charge on any atom is 0.324 e. The molecule has 2 saturated heterocycles. The second kappa shape index (κ2) is 6.91. The molecule has 0 bridgehead atoms. The van der Waals surface area contributed by atoms with E-state index in [2.05, 4.69) is 0 Å². The van der Waals surface area contributed by atoms with Crippen molar-refractivity contribution in [1.82, 2.24) is 4.90 Å². The molecule has 0 aliphatic carbocycles. The predicted octanol–water partition coefficient (Wildman–Crippen LogP) is 2.47. The second-order valence-corrected chi connectivity index (χ2v) is 5.42. The lowest BCUT2D eigenvalue weighted by Crippen LogP contribution is -2.35. The van der Waals surface area contributed by atoms with Gasteiger partial charge in [0.1, 0.15) is 0 Å². The molecule has 2 fully saturated rings. The molecule has 1 aromatic rings. The first kappa shape index (κ1) is 14.4. The number of rotatable bonds is 5. The summed E-state index contributed by atoms with van der Waals surface area (Å²) in [7, 11) is 0. The third-order valence-electron chi connectivity index (χ3n) is 3.97. The minimum absolute atomic E-state index is 0.0642. The normalized spacial score (nSPS) is 22.9. The first-order valence-electron chi connectivity index (χ1n) is 7.69. The van der Waals surface area contributed by atoms with Gasteiger partial charge >= 0.3 is 6.03 Å². The van der Waals surface area contributed by atoms with Crippen molar-refractivity contribution in [3.63, 3.8) is 0 Å². The van der Waals surface area contributed by atoms with E-state index in [4.69, 9.17) is 9.47 Å². The largest absolute Gasteiger partial charge is 0.353 e. The van der Waals surface area contributed by atoms with E-state index in [9.17, 15) is 4.79 Å². The topological polar surface area (TPSA) is 42.0 Å². The minimum atomic E-state index is -0.0818. The number of ether oxygens (including phenoxy) is 2. The van der Waals surface area contributed by atoms with Crippen LogP contribution in [-0.4, -0.2) is 50.1 Å². The Kier molecular flexibility index (Phi) is 4.72. The monoisotopic (exact) mass is 290 g/mol. The molecule has 0 radical (unpaired) electrons. The molecule has 2 amide bonds. The highest BCUT2D eigenvalue weighted by molar-refractivity contribution is 5.94. The second-order valence-electron chi connectivity index (χ2n) is 5.42. The lowest BCUT2D eigenvalue weighted by atomic mass is 10.2. The van der Waals surface area contributed by atoms with E-state index in [1.807, 2.05) is 40.1 Å². The van der Waals surface area contributed by atoms with E-state index in [1.54, 1.807) is 0 Å². The van der Waals surface area contributed by atoms with E-state index >= 15 is 0 Å². The molecule has 1 aromatic carbocycles. The highest BCUT2D eigenvalue weighted by Crippen LogP contribution is 2.20. The van der Waals surface area contributed by atoms with E-state index < -0.39 is 0 Å². The summed E-state index contributed by atoms with van der Waals surface area (Å²) in [5.74, 6) is 0. The Balaban J connectivity index is 1.46. The maximum atomic E-state index is 12.4. The summed E-state index contributed by atoms with van der Waals surface area (Å²) in [4.78, 5) is 16.0. The number of hydrogen-bond donors (Lipinski definition) is 0. The van der Waals surface area contributed by atoms with Crippen LogP contribution in [0, 0.1) is 0 Å². The SMILES string of the molecule is O=C1N(CCOC2CCCCO2)CCN1c1ccccc1. The summed E-state index contributed by atoms with van der Waals surface area (Å²) in [6.45, 7) is 3.45. The van der Waals surface area contributed by atoms with Gasteiger partial charge in [-0.25, -0.2) is 4.79 Å². The van der Waals surface area contributed by atoms with Crippen molar-refractivity contribution in [1.29, 1.82) is 0 Å². The molecule has 1 unspecified atom stereocenters. The van der Waals surface area contributed by atoms with Crippen LogP contribution < -0.4 is 4.90 Å². The zero-order chi connectivity index (χ0) is 14.5. The summed E-state index contributed by atoms with van der Waals surface area (Å²) in [5.41, 5.74) is 0.960. The summed E-state index contributed by atoms with van der Waals surface area (Å²) < 4.78 is 11.2. The zero-order valence-corrected chi connectivity index (χ0v) is 12.2. The fourth-order valence-corrected chi connectivity index (χ4v) is 2.77. The lowest BCUT2D eigenvalue weighted by molar-refractivity contribution is -0.163. The molecule has 2 aliphatic rings. The highest BCUT2D eigenvalue weighted by atomic mass is 16.7. The third kappa shape index (κ3) is 3.54. The van der Waals surface area contributed by atoms with Gasteiger partial charge in [-0.05, 0) is 31.4 Å². The Bertz CT molecular complexity index is 460.